The minimum atomic E-state index is 0.0220. The molecule has 144 valence electrons. The van der Waals surface area contributed by atoms with Crippen LogP contribution >= 0.6 is 22.9 Å². The van der Waals surface area contributed by atoms with Gasteiger partial charge in [0.15, 0.2) is 11.5 Å². The summed E-state index contributed by atoms with van der Waals surface area (Å²) in [6, 6.07) is 13.3. The van der Waals surface area contributed by atoms with Crippen molar-refractivity contribution in [2.24, 2.45) is 0 Å². The van der Waals surface area contributed by atoms with Crippen LogP contribution < -0.4 is 9.47 Å². The predicted octanol–water partition coefficient (Wildman–Crippen LogP) is 4.68. The van der Waals surface area contributed by atoms with Crippen LogP contribution in [0.3, 0.4) is 0 Å². The molecule has 0 saturated heterocycles. The summed E-state index contributed by atoms with van der Waals surface area (Å²) in [6.45, 7) is 1.16. The van der Waals surface area contributed by atoms with E-state index in [2.05, 4.69) is 4.98 Å². The Kier molecular flexibility index (Phi) is 5.24. The second-order valence-corrected chi connectivity index (χ2v) is 7.90. The maximum absolute atomic E-state index is 13.0. The van der Waals surface area contributed by atoms with Crippen LogP contribution in [0.5, 0.6) is 11.5 Å². The molecule has 2 heterocycles. The summed E-state index contributed by atoms with van der Waals surface area (Å²) in [4.78, 5) is 20.3. The molecule has 1 aliphatic heterocycles. The molecule has 0 spiro atoms. The highest BCUT2D eigenvalue weighted by molar-refractivity contribution is 7.17. The van der Waals surface area contributed by atoms with Crippen LogP contribution in [-0.4, -0.2) is 36.6 Å². The summed E-state index contributed by atoms with van der Waals surface area (Å²) >= 11 is 7.41. The fourth-order valence-corrected chi connectivity index (χ4v) is 4.45. The van der Waals surface area contributed by atoms with Gasteiger partial charge in [0.1, 0.15) is 9.88 Å². The molecule has 3 aromatic rings. The van der Waals surface area contributed by atoms with Crippen molar-refractivity contribution >= 4 is 28.8 Å². The summed E-state index contributed by atoms with van der Waals surface area (Å²) in [5.41, 5.74) is 2.85. The van der Waals surface area contributed by atoms with Crippen LogP contribution in [0.15, 0.2) is 42.5 Å². The van der Waals surface area contributed by atoms with E-state index >= 15 is 0 Å². The Morgan fingerprint density at radius 3 is 2.57 bits per heavy atom. The van der Waals surface area contributed by atoms with Gasteiger partial charge >= 0.3 is 0 Å². The van der Waals surface area contributed by atoms with Crippen molar-refractivity contribution in [2.45, 2.75) is 13.0 Å². The van der Waals surface area contributed by atoms with Crippen LogP contribution in [0.4, 0.5) is 0 Å². The zero-order valence-corrected chi connectivity index (χ0v) is 17.1. The van der Waals surface area contributed by atoms with Crippen molar-refractivity contribution in [1.82, 2.24) is 9.88 Å². The first-order valence-electron chi connectivity index (χ1n) is 8.85. The normalized spacial score (nSPS) is 13.4. The molecule has 4 rings (SSSR count). The van der Waals surface area contributed by atoms with Gasteiger partial charge in [0, 0.05) is 30.1 Å². The lowest BCUT2D eigenvalue weighted by Crippen LogP contribution is -2.36. The maximum Gasteiger partial charge on any atom is 0.266 e. The van der Waals surface area contributed by atoms with Gasteiger partial charge in [-0.3, -0.25) is 4.79 Å². The van der Waals surface area contributed by atoms with Gasteiger partial charge in [0.25, 0.3) is 5.91 Å². The Morgan fingerprint density at radius 2 is 1.86 bits per heavy atom. The molecule has 0 fully saturated rings. The number of fused-ring (bicyclic) bond motifs is 1. The average molecular weight is 415 g/mol. The highest BCUT2D eigenvalue weighted by atomic mass is 35.5. The lowest BCUT2D eigenvalue weighted by molar-refractivity contribution is 0.0731. The van der Waals surface area contributed by atoms with Crippen molar-refractivity contribution in [3.63, 3.8) is 0 Å². The molecule has 1 amide bonds. The Bertz CT molecular complexity index is 1020. The Labute approximate surface area is 172 Å². The number of amides is 1. The number of nitrogens with zero attached hydrogens (tertiary/aromatic N) is 2. The number of ether oxygens (including phenoxy) is 2. The van der Waals surface area contributed by atoms with Crippen LogP contribution in [0, 0.1) is 0 Å². The van der Waals surface area contributed by atoms with Crippen molar-refractivity contribution in [3.05, 3.63) is 63.6 Å². The molecule has 0 atom stereocenters. The third kappa shape index (κ3) is 3.57. The number of hydrogen-bond acceptors (Lipinski definition) is 5. The lowest BCUT2D eigenvalue weighted by atomic mass is 10.1. The quantitative estimate of drug-likeness (QED) is 0.608. The summed E-state index contributed by atoms with van der Waals surface area (Å²) in [7, 11) is 3.21. The SMILES string of the molecule is COc1ccc(CN2CCc3nc(-c4ccc(Cl)cc4)sc3C2=O)cc1OC. The summed E-state index contributed by atoms with van der Waals surface area (Å²) < 4.78 is 10.6. The molecular formula is C21H19ClN2O3S. The number of benzene rings is 2. The topological polar surface area (TPSA) is 51.7 Å². The monoisotopic (exact) mass is 414 g/mol. The number of aromatic nitrogens is 1. The standard InChI is InChI=1S/C21H19ClN2O3S/c1-26-17-8-3-13(11-18(17)27-2)12-24-10-9-16-19(21(24)25)28-20(23-16)14-4-6-15(22)7-5-14/h3-8,11H,9-10,12H2,1-2H3. The first-order valence-corrected chi connectivity index (χ1v) is 10.0. The van der Waals surface area contributed by atoms with Gasteiger partial charge in [-0.25, -0.2) is 4.98 Å². The smallest absolute Gasteiger partial charge is 0.266 e. The van der Waals surface area contributed by atoms with E-state index in [0.717, 1.165) is 33.1 Å². The van der Waals surface area contributed by atoms with E-state index in [1.165, 1.54) is 11.3 Å². The van der Waals surface area contributed by atoms with E-state index in [9.17, 15) is 4.79 Å². The van der Waals surface area contributed by atoms with E-state index < -0.39 is 0 Å². The van der Waals surface area contributed by atoms with Crippen molar-refractivity contribution in [1.29, 1.82) is 0 Å². The third-order valence-corrected chi connectivity index (χ3v) is 6.10. The number of halogens is 1. The van der Waals surface area contributed by atoms with Gasteiger partial charge in [-0.05, 0) is 29.8 Å². The zero-order valence-electron chi connectivity index (χ0n) is 15.6. The van der Waals surface area contributed by atoms with E-state index in [0.29, 0.717) is 29.6 Å². The van der Waals surface area contributed by atoms with Crippen LogP contribution in [-0.2, 0) is 13.0 Å². The van der Waals surface area contributed by atoms with E-state index in [4.69, 9.17) is 21.1 Å². The number of rotatable bonds is 5. The first kappa shape index (κ1) is 18.8. The first-order chi connectivity index (χ1) is 13.6. The van der Waals surface area contributed by atoms with E-state index in [1.807, 2.05) is 47.4 Å². The maximum atomic E-state index is 13.0. The fraction of sp³-hybridized carbons (Fsp3) is 0.238. The van der Waals surface area contributed by atoms with E-state index in [-0.39, 0.29) is 5.91 Å². The minimum Gasteiger partial charge on any atom is -0.493 e. The Balaban J connectivity index is 1.56. The van der Waals surface area contributed by atoms with Gasteiger partial charge in [-0.15, -0.1) is 11.3 Å². The van der Waals surface area contributed by atoms with Crippen molar-refractivity contribution < 1.29 is 14.3 Å². The van der Waals surface area contributed by atoms with Gasteiger partial charge < -0.3 is 14.4 Å². The van der Waals surface area contributed by atoms with Gasteiger partial charge in [0.2, 0.25) is 0 Å². The molecule has 0 bridgehead atoms. The Morgan fingerprint density at radius 1 is 1.11 bits per heavy atom. The summed E-state index contributed by atoms with van der Waals surface area (Å²) in [5.74, 6) is 1.36. The lowest BCUT2D eigenvalue weighted by Gasteiger charge is -2.26. The number of thiazole rings is 1. The molecular weight excluding hydrogens is 396 g/mol. The van der Waals surface area contributed by atoms with Crippen molar-refractivity contribution in [2.75, 3.05) is 20.8 Å². The molecule has 0 N–H and O–H groups in total. The molecule has 1 aromatic heterocycles. The molecule has 0 saturated carbocycles. The number of methoxy groups -OCH3 is 2. The minimum absolute atomic E-state index is 0.0220. The fourth-order valence-electron chi connectivity index (χ4n) is 3.24. The molecule has 0 aliphatic carbocycles. The van der Waals surface area contributed by atoms with Gasteiger partial charge in [0.05, 0.1) is 19.9 Å². The van der Waals surface area contributed by atoms with Gasteiger partial charge in [-0.1, -0.05) is 29.8 Å². The van der Waals surface area contributed by atoms with E-state index in [1.54, 1.807) is 14.2 Å². The molecule has 0 radical (unpaired) electrons. The molecule has 7 heteroatoms. The number of hydrogen-bond donors (Lipinski definition) is 0. The third-order valence-electron chi connectivity index (χ3n) is 4.71. The molecule has 28 heavy (non-hydrogen) atoms. The zero-order chi connectivity index (χ0) is 19.7. The highest BCUT2D eigenvalue weighted by Gasteiger charge is 2.28. The number of carbonyl (C=O) groups excluding carboxylic acids is 1. The molecule has 0 unspecified atom stereocenters. The number of carbonyl (C=O) groups is 1. The largest absolute Gasteiger partial charge is 0.493 e. The van der Waals surface area contributed by atoms with Gasteiger partial charge in [-0.2, -0.15) is 0 Å². The molecule has 1 aliphatic rings. The summed E-state index contributed by atoms with van der Waals surface area (Å²) in [5, 5.41) is 1.53. The second-order valence-electron chi connectivity index (χ2n) is 6.47. The highest BCUT2D eigenvalue weighted by Crippen LogP contribution is 2.33. The molecule has 2 aromatic carbocycles. The molecule has 5 nitrogen and oxygen atoms in total. The average Bonchev–Trinajstić information content (AvgIpc) is 3.15. The predicted molar refractivity (Wildman–Crippen MR) is 111 cm³/mol. The van der Waals surface area contributed by atoms with Crippen LogP contribution in [0.2, 0.25) is 5.02 Å². The van der Waals surface area contributed by atoms with Crippen LogP contribution in [0.1, 0.15) is 20.9 Å². The summed E-state index contributed by atoms with van der Waals surface area (Å²) in [6.07, 6.45) is 0.748. The van der Waals surface area contributed by atoms with Crippen LogP contribution in [0.25, 0.3) is 10.6 Å². The Hall–Kier alpha value is -2.57. The second kappa shape index (κ2) is 7.81. The van der Waals surface area contributed by atoms with Crippen molar-refractivity contribution in [3.8, 4) is 22.1 Å².